The van der Waals surface area contributed by atoms with Crippen LogP contribution in [0.15, 0.2) is 24.3 Å². The Hall–Kier alpha value is -2.30. The van der Waals surface area contributed by atoms with Gasteiger partial charge in [0, 0.05) is 12.6 Å². The van der Waals surface area contributed by atoms with Gasteiger partial charge in [0.1, 0.15) is 11.6 Å². The molecule has 1 aromatic carbocycles. The second-order valence-electron chi connectivity index (χ2n) is 7.36. The van der Waals surface area contributed by atoms with E-state index in [1.807, 2.05) is 31.3 Å². The lowest BCUT2D eigenvalue weighted by atomic mass is 9.87. The number of fused-ring (bicyclic) bond motifs is 1. The van der Waals surface area contributed by atoms with Crippen LogP contribution in [-0.2, 0) is 30.1 Å². The molecule has 1 N–H and O–H groups in total. The zero-order valence-electron chi connectivity index (χ0n) is 14.8. The fraction of sp³-hybridized carbons (Fsp3) is 0.474. The van der Waals surface area contributed by atoms with Gasteiger partial charge in [0.2, 0.25) is 0 Å². The molecule has 1 heterocycles. The standard InChI is InChI=1S/C19H25N3O2/c1-19(2,3)13-8-10-14(11-9-13)24-12-17(23)20-18-15-6-5-7-16(15)21-22(18)4/h8-11H,5-7,12H2,1-4H3,(H,20,23). The minimum Gasteiger partial charge on any atom is -0.484 e. The minimum absolute atomic E-state index is 0.00514. The summed E-state index contributed by atoms with van der Waals surface area (Å²) in [5.74, 6) is 1.35. The van der Waals surface area contributed by atoms with Crippen molar-refractivity contribution in [3.8, 4) is 5.75 Å². The lowest BCUT2D eigenvalue weighted by molar-refractivity contribution is -0.118. The highest BCUT2D eigenvalue weighted by Crippen LogP contribution is 2.28. The molecular formula is C19H25N3O2. The van der Waals surface area contributed by atoms with Crippen LogP contribution in [-0.4, -0.2) is 22.3 Å². The van der Waals surface area contributed by atoms with Crippen molar-refractivity contribution in [2.75, 3.05) is 11.9 Å². The van der Waals surface area contributed by atoms with Crippen LogP contribution in [0.25, 0.3) is 0 Å². The largest absolute Gasteiger partial charge is 0.484 e. The number of ether oxygens (including phenoxy) is 1. The first kappa shape index (κ1) is 16.6. The fourth-order valence-corrected chi connectivity index (χ4v) is 3.04. The Morgan fingerprint density at radius 3 is 2.62 bits per heavy atom. The van der Waals surface area contributed by atoms with Gasteiger partial charge in [-0.3, -0.25) is 9.48 Å². The number of carbonyl (C=O) groups excluding carboxylic acids is 1. The minimum atomic E-state index is -0.160. The Labute approximate surface area is 143 Å². The van der Waals surface area contributed by atoms with E-state index in [-0.39, 0.29) is 17.9 Å². The number of anilines is 1. The summed E-state index contributed by atoms with van der Waals surface area (Å²) in [5, 5.41) is 7.39. The third-order valence-electron chi connectivity index (χ3n) is 4.42. The maximum Gasteiger partial charge on any atom is 0.263 e. The molecule has 2 aromatic rings. The molecule has 0 bridgehead atoms. The van der Waals surface area contributed by atoms with Gasteiger partial charge in [0.05, 0.1) is 5.69 Å². The molecule has 5 heteroatoms. The molecule has 0 atom stereocenters. The van der Waals surface area contributed by atoms with Crippen molar-refractivity contribution in [2.45, 2.75) is 45.4 Å². The summed E-state index contributed by atoms with van der Waals surface area (Å²) in [4.78, 5) is 12.2. The number of hydrogen-bond acceptors (Lipinski definition) is 3. The Morgan fingerprint density at radius 2 is 1.96 bits per heavy atom. The smallest absolute Gasteiger partial charge is 0.263 e. The molecule has 0 saturated heterocycles. The predicted octanol–water partition coefficient (Wildman–Crippen LogP) is 3.22. The van der Waals surface area contributed by atoms with Gasteiger partial charge in [0.15, 0.2) is 6.61 Å². The number of nitrogens with zero attached hydrogens (tertiary/aromatic N) is 2. The van der Waals surface area contributed by atoms with Crippen molar-refractivity contribution >= 4 is 11.7 Å². The first-order valence-electron chi connectivity index (χ1n) is 8.42. The SMILES string of the molecule is Cn1nc2c(c1NC(=O)COc1ccc(C(C)(C)C)cc1)CCC2. The molecule has 128 valence electrons. The zero-order chi connectivity index (χ0) is 17.3. The van der Waals surface area contributed by atoms with E-state index in [1.165, 1.54) is 11.1 Å². The highest BCUT2D eigenvalue weighted by atomic mass is 16.5. The molecule has 0 radical (unpaired) electrons. The summed E-state index contributed by atoms with van der Waals surface area (Å²) in [6.07, 6.45) is 3.08. The van der Waals surface area contributed by atoms with Gasteiger partial charge < -0.3 is 10.1 Å². The molecule has 0 aliphatic heterocycles. The van der Waals surface area contributed by atoms with Crippen LogP contribution in [0.4, 0.5) is 5.82 Å². The topological polar surface area (TPSA) is 56.2 Å². The molecule has 5 nitrogen and oxygen atoms in total. The molecule has 0 spiro atoms. The number of benzene rings is 1. The van der Waals surface area contributed by atoms with E-state index < -0.39 is 0 Å². The molecule has 1 aliphatic carbocycles. The van der Waals surface area contributed by atoms with Gasteiger partial charge >= 0.3 is 0 Å². The van der Waals surface area contributed by atoms with Gasteiger partial charge in [-0.15, -0.1) is 0 Å². The highest BCUT2D eigenvalue weighted by molar-refractivity contribution is 5.92. The van der Waals surface area contributed by atoms with Gasteiger partial charge in [-0.2, -0.15) is 5.10 Å². The monoisotopic (exact) mass is 327 g/mol. The van der Waals surface area contributed by atoms with Gasteiger partial charge in [0.25, 0.3) is 5.91 Å². The lowest BCUT2D eigenvalue weighted by Gasteiger charge is -2.19. The molecule has 1 aromatic heterocycles. The maximum atomic E-state index is 12.2. The lowest BCUT2D eigenvalue weighted by Crippen LogP contribution is -2.22. The fourth-order valence-electron chi connectivity index (χ4n) is 3.04. The van der Waals surface area contributed by atoms with Crippen molar-refractivity contribution in [1.29, 1.82) is 0 Å². The van der Waals surface area contributed by atoms with Crippen molar-refractivity contribution in [2.24, 2.45) is 7.05 Å². The second kappa shape index (κ2) is 6.30. The molecule has 24 heavy (non-hydrogen) atoms. The normalized spacial score (nSPS) is 13.7. The Kier molecular flexibility index (Phi) is 4.35. The molecule has 0 saturated carbocycles. The van der Waals surface area contributed by atoms with E-state index in [0.717, 1.165) is 30.8 Å². The molecule has 0 fully saturated rings. The van der Waals surface area contributed by atoms with Crippen LogP contribution in [0.3, 0.4) is 0 Å². The quantitative estimate of drug-likeness (QED) is 0.938. The Bertz CT molecular complexity index is 739. The van der Waals surface area contributed by atoms with E-state index >= 15 is 0 Å². The van der Waals surface area contributed by atoms with Crippen LogP contribution >= 0.6 is 0 Å². The summed E-state index contributed by atoms with van der Waals surface area (Å²) >= 11 is 0. The average molecular weight is 327 g/mol. The molecule has 1 aliphatic rings. The number of amides is 1. The van der Waals surface area contributed by atoms with Gasteiger partial charge in [-0.1, -0.05) is 32.9 Å². The average Bonchev–Trinajstić information content (AvgIpc) is 3.08. The number of aromatic nitrogens is 2. The molecular weight excluding hydrogens is 302 g/mol. The third-order valence-corrected chi connectivity index (χ3v) is 4.42. The van der Waals surface area contributed by atoms with Crippen LogP contribution < -0.4 is 10.1 Å². The van der Waals surface area contributed by atoms with Crippen molar-refractivity contribution in [3.05, 3.63) is 41.1 Å². The first-order valence-corrected chi connectivity index (χ1v) is 8.42. The summed E-state index contributed by atoms with van der Waals surface area (Å²) in [6, 6.07) is 7.91. The third kappa shape index (κ3) is 3.45. The van der Waals surface area contributed by atoms with Crippen LogP contribution in [0.2, 0.25) is 0 Å². The number of hydrogen-bond donors (Lipinski definition) is 1. The van der Waals surface area contributed by atoms with E-state index in [1.54, 1.807) is 4.68 Å². The second-order valence-corrected chi connectivity index (χ2v) is 7.36. The number of nitrogens with one attached hydrogen (secondary N) is 1. The van der Waals surface area contributed by atoms with E-state index in [0.29, 0.717) is 5.75 Å². The van der Waals surface area contributed by atoms with E-state index in [9.17, 15) is 4.79 Å². The van der Waals surface area contributed by atoms with E-state index in [4.69, 9.17) is 4.74 Å². The van der Waals surface area contributed by atoms with Crippen molar-refractivity contribution < 1.29 is 9.53 Å². The zero-order valence-corrected chi connectivity index (χ0v) is 14.8. The maximum absolute atomic E-state index is 12.2. The molecule has 1 amide bonds. The molecule has 0 unspecified atom stereocenters. The summed E-state index contributed by atoms with van der Waals surface area (Å²) < 4.78 is 7.35. The van der Waals surface area contributed by atoms with Gasteiger partial charge in [-0.05, 0) is 42.4 Å². The van der Waals surface area contributed by atoms with E-state index in [2.05, 4.69) is 31.2 Å². The summed E-state index contributed by atoms with van der Waals surface area (Å²) in [7, 11) is 1.86. The first-order chi connectivity index (χ1) is 11.3. The van der Waals surface area contributed by atoms with Crippen molar-refractivity contribution in [1.82, 2.24) is 9.78 Å². The van der Waals surface area contributed by atoms with Crippen LogP contribution in [0, 0.1) is 0 Å². The molecule has 3 rings (SSSR count). The number of aryl methyl sites for hydroxylation is 2. The predicted molar refractivity (Wildman–Crippen MR) is 94.5 cm³/mol. The Morgan fingerprint density at radius 1 is 1.25 bits per heavy atom. The highest BCUT2D eigenvalue weighted by Gasteiger charge is 2.22. The summed E-state index contributed by atoms with van der Waals surface area (Å²) in [6.45, 7) is 6.50. The number of rotatable bonds is 4. The van der Waals surface area contributed by atoms with Crippen LogP contribution in [0.1, 0.15) is 44.0 Å². The van der Waals surface area contributed by atoms with Crippen LogP contribution in [0.5, 0.6) is 5.75 Å². The number of carbonyl (C=O) groups is 1. The van der Waals surface area contributed by atoms with Crippen molar-refractivity contribution in [3.63, 3.8) is 0 Å². The summed E-state index contributed by atoms with van der Waals surface area (Å²) in [5.41, 5.74) is 3.62. The van der Waals surface area contributed by atoms with Gasteiger partial charge in [-0.25, -0.2) is 0 Å². The Balaban J connectivity index is 1.58.